The van der Waals surface area contributed by atoms with Crippen molar-refractivity contribution >= 4 is 35.1 Å². The summed E-state index contributed by atoms with van der Waals surface area (Å²) in [4.78, 5) is 0. The van der Waals surface area contributed by atoms with Gasteiger partial charge in [-0.15, -0.1) is 0 Å². The second-order valence-corrected chi connectivity index (χ2v) is 57.3. The molecule has 0 aromatic heterocycles. The van der Waals surface area contributed by atoms with Gasteiger partial charge in [0, 0.05) is 0 Å². The Bertz CT molecular complexity index is 1790. The van der Waals surface area contributed by atoms with Gasteiger partial charge in [-0.3, -0.25) is 0 Å². The van der Waals surface area contributed by atoms with Gasteiger partial charge in [0.15, 0.2) is 0 Å². The summed E-state index contributed by atoms with van der Waals surface area (Å²) in [7, 11) is 17.1. The first-order valence-corrected chi connectivity index (χ1v) is 32.4. The first-order valence-electron chi connectivity index (χ1n) is 16.1. The third-order valence-corrected chi connectivity index (χ3v) is 62.4. The fraction of sp³-hybridized carbons (Fsp3) is 0.300. The Morgan fingerprint density at radius 1 is 0.659 bits per heavy atom. The van der Waals surface area contributed by atoms with E-state index in [4.69, 9.17) is 17.0 Å². The molecule has 2 atom stereocenters. The van der Waals surface area contributed by atoms with Crippen molar-refractivity contribution < 1.29 is 15.6 Å². The average molecular weight is 716 g/mol. The van der Waals surface area contributed by atoms with Crippen LogP contribution in [-0.4, -0.2) is 5.92 Å². The Balaban J connectivity index is 1.54. The van der Waals surface area contributed by atoms with Crippen LogP contribution in [0.5, 0.6) is 0 Å². The van der Waals surface area contributed by atoms with Gasteiger partial charge in [0.2, 0.25) is 0 Å². The maximum absolute atomic E-state index is 8.55. The van der Waals surface area contributed by atoms with Crippen LogP contribution in [0, 0.1) is 5.92 Å². The van der Waals surface area contributed by atoms with Crippen LogP contribution in [-0.2, 0) is 21.0 Å². The number of rotatable bonds is 6. The first kappa shape index (κ1) is 32.0. The summed E-state index contributed by atoms with van der Waals surface area (Å²) in [6.45, 7) is 18.6. The van der Waals surface area contributed by atoms with E-state index in [1.54, 1.807) is 0 Å². The topological polar surface area (TPSA) is 0 Å². The zero-order valence-electron chi connectivity index (χ0n) is 27.4. The molecule has 0 N–H and O–H groups in total. The molecule has 0 radical (unpaired) electrons. The monoisotopic (exact) mass is 713 g/mol. The summed E-state index contributed by atoms with van der Waals surface area (Å²) in [5.74, 6) is -1.25. The number of hydrogen-bond donors (Lipinski definition) is 0. The molecule has 0 saturated heterocycles. The van der Waals surface area contributed by atoms with Crippen molar-refractivity contribution in [1.29, 1.82) is 0 Å². The van der Waals surface area contributed by atoms with Gasteiger partial charge in [0.05, 0.1) is 0 Å². The number of halogens is 2. The van der Waals surface area contributed by atoms with Crippen LogP contribution < -0.4 is 0 Å². The number of fused-ring (bicyclic) bond motifs is 2. The van der Waals surface area contributed by atoms with E-state index in [1.807, 2.05) is 0 Å². The molecule has 0 nitrogen and oxygen atoms in total. The molecular weight excluding hydrogens is 671 g/mol. The van der Waals surface area contributed by atoms with Gasteiger partial charge >= 0.3 is 276 Å². The quantitative estimate of drug-likeness (QED) is 0.174. The Hall–Kier alpha value is -1.96. The first-order chi connectivity index (χ1) is 20.7. The molecule has 0 saturated carbocycles. The van der Waals surface area contributed by atoms with E-state index in [0.29, 0.717) is 5.92 Å². The molecule has 44 heavy (non-hydrogen) atoms. The molecule has 4 heteroatoms. The Morgan fingerprint density at radius 2 is 1.18 bits per heavy atom. The Morgan fingerprint density at radius 3 is 1.70 bits per heavy atom. The predicted molar refractivity (Wildman–Crippen MR) is 195 cm³/mol. The van der Waals surface area contributed by atoms with Crippen molar-refractivity contribution in [2.75, 3.05) is 0 Å². The molecule has 2 aliphatic rings. The number of hydrogen-bond acceptors (Lipinski definition) is 0. The summed E-state index contributed by atoms with van der Waals surface area (Å²) in [5, 5.41) is 0. The molecule has 0 heterocycles. The van der Waals surface area contributed by atoms with Gasteiger partial charge in [-0.05, 0) is 0 Å². The van der Waals surface area contributed by atoms with E-state index < -0.39 is 21.5 Å². The van der Waals surface area contributed by atoms with E-state index >= 15 is 0 Å². The maximum atomic E-state index is 8.55. The zero-order chi connectivity index (χ0) is 31.6. The van der Waals surface area contributed by atoms with E-state index in [2.05, 4.69) is 158 Å². The molecule has 0 spiro atoms. The molecule has 0 aliphatic heterocycles. The second-order valence-electron chi connectivity index (χ2n) is 14.7. The molecule has 0 fully saturated rings. The van der Waals surface area contributed by atoms with E-state index in [-0.39, 0.29) is 12.7 Å². The second kappa shape index (κ2) is 11.4. The normalized spacial score (nSPS) is 19.0. The van der Waals surface area contributed by atoms with Gasteiger partial charge in [0.25, 0.3) is 0 Å². The van der Waals surface area contributed by atoms with Gasteiger partial charge in [-0.1, -0.05) is 0 Å². The van der Waals surface area contributed by atoms with Crippen molar-refractivity contribution in [2.45, 2.75) is 67.3 Å². The molecule has 227 valence electrons. The van der Waals surface area contributed by atoms with Gasteiger partial charge in [-0.25, -0.2) is 0 Å². The third kappa shape index (κ3) is 5.04. The van der Waals surface area contributed by atoms with Crippen molar-refractivity contribution in [3.05, 3.63) is 130 Å². The van der Waals surface area contributed by atoms with Crippen LogP contribution in [0.2, 0.25) is 13.1 Å². The molecule has 6 rings (SSSR count). The SMILES string of the molecule is CC1=Cc2c(-c3ccc(C(C)(C)C)cc3)cccc2[CH]1[Zr]([Cl])([Cl])([CH]1C(C(C)C)=Cc2c(-c3ccccc3)cccc21)[SiH](C)C. The summed E-state index contributed by atoms with van der Waals surface area (Å²) >= 11 is -4.77. The Labute approximate surface area is 274 Å². The summed E-state index contributed by atoms with van der Waals surface area (Å²) in [5.41, 5.74) is 14.6. The fourth-order valence-electron chi connectivity index (χ4n) is 7.93. The van der Waals surface area contributed by atoms with Crippen LogP contribution >= 0.6 is 17.0 Å². The van der Waals surface area contributed by atoms with Crippen molar-refractivity contribution in [2.24, 2.45) is 5.92 Å². The Kier molecular flexibility index (Phi) is 8.28. The zero-order valence-corrected chi connectivity index (χ0v) is 32.5. The molecule has 4 aromatic rings. The van der Waals surface area contributed by atoms with Crippen LogP contribution in [0.15, 0.2) is 102 Å². The average Bonchev–Trinajstić information content (AvgIpc) is 3.56. The number of benzene rings is 4. The number of allylic oxidation sites excluding steroid dienone is 2. The van der Waals surface area contributed by atoms with Crippen molar-refractivity contribution in [3.63, 3.8) is 0 Å². The van der Waals surface area contributed by atoms with Crippen LogP contribution in [0.4, 0.5) is 0 Å². The van der Waals surface area contributed by atoms with Gasteiger partial charge < -0.3 is 0 Å². The van der Waals surface area contributed by atoms with Gasteiger partial charge in [-0.2, -0.15) is 0 Å². The summed E-state index contributed by atoms with van der Waals surface area (Å²) in [6.07, 6.45) is 4.88. The fourth-order valence-corrected chi connectivity index (χ4v) is 40.1. The molecule has 0 bridgehead atoms. The molecule has 2 aliphatic carbocycles. The van der Waals surface area contributed by atoms with E-state index in [9.17, 15) is 0 Å². The third-order valence-electron chi connectivity index (χ3n) is 10.4. The molecule has 2 unspecified atom stereocenters. The van der Waals surface area contributed by atoms with Crippen molar-refractivity contribution in [3.8, 4) is 22.3 Å². The minimum atomic E-state index is -4.77. The molecule has 4 aromatic carbocycles. The summed E-state index contributed by atoms with van der Waals surface area (Å²) < 4.78 is 0.188. The van der Waals surface area contributed by atoms with Crippen LogP contribution in [0.1, 0.15) is 76.6 Å². The molecular formula is C40H45Cl2SiZr. The molecule has 0 amide bonds. The van der Waals surface area contributed by atoms with E-state index in [0.717, 1.165) is 0 Å². The summed E-state index contributed by atoms with van der Waals surface area (Å²) in [6, 6.07) is 33.5. The van der Waals surface area contributed by atoms with E-state index in [1.165, 1.54) is 61.2 Å². The van der Waals surface area contributed by atoms with Crippen LogP contribution in [0.25, 0.3) is 34.4 Å². The standard InChI is InChI=1S/C20H21.C18H17.C2H7Si.2ClH.Zr/c1-14-12-16-6-5-7-18(19(16)13-14)15-8-10-17(11-9-15)20(2,3)4;1-13(2)16-11-15-9-6-10-17(18(15)12-16)14-7-4-3-5-8-14;1-3-2;;;/h5-13H,1-4H3;3-13H,1-2H3;3H,1-2H3;2*1H;/q;;;;;+2/p-2. The van der Waals surface area contributed by atoms with Gasteiger partial charge in [0.1, 0.15) is 0 Å². The minimum absolute atomic E-state index is 0.0914. The van der Waals surface area contributed by atoms with Crippen LogP contribution in [0.3, 0.4) is 0 Å². The predicted octanol–water partition coefficient (Wildman–Crippen LogP) is 12.6. The van der Waals surface area contributed by atoms with Crippen molar-refractivity contribution in [1.82, 2.24) is 0 Å².